The van der Waals surface area contributed by atoms with E-state index in [2.05, 4.69) is 15.4 Å². The van der Waals surface area contributed by atoms with Gasteiger partial charge in [-0.2, -0.15) is 5.10 Å². The molecule has 120 valence electrons. The number of benzene rings is 1. The molecule has 7 nitrogen and oxygen atoms in total. The van der Waals surface area contributed by atoms with E-state index in [4.69, 9.17) is 0 Å². The maximum absolute atomic E-state index is 12.4. The smallest absolute Gasteiger partial charge is 0.251 e. The van der Waals surface area contributed by atoms with E-state index in [1.54, 1.807) is 34.8 Å². The van der Waals surface area contributed by atoms with Crippen LogP contribution in [0.4, 0.5) is 0 Å². The van der Waals surface area contributed by atoms with Crippen LogP contribution in [0.5, 0.6) is 0 Å². The first-order chi connectivity index (χ1) is 11.0. The van der Waals surface area contributed by atoms with Gasteiger partial charge in [0.05, 0.1) is 0 Å². The molecular weight excluding hydrogens is 294 g/mol. The summed E-state index contributed by atoms with van der Waals surface area (Å²) in [6, 6.07) is 6.68. The molecule has 1 aromatic carbocycles. The molecule has 1 aliphatic rings. The molecule has 3 rings (SSSR count). The third-order valence-corrected chi connectivity index (χ3v) is 4.10. The zero-order valence-electron chi connectivity index (χ0n) is 13.4. The maximum atomic E-state index is 12.4. The van der Waals surface area contributed by atoms with Crippen LogP contribution >= 0.6 is 0 Å². The summed E-state index contributed by atoms with van der Waals surface area (Å²) in [5, 5.41) is 7.11. The van der Waals surface area contributed by atoms with Crippen molar-refractivity contribution in [3.8, 4) is 11.4 Å². The minimum absolute atomic E-state index is 0.0449. The highest BCUT2D eigenvalue weighted by Gasteiger charge is 2.30. The van der Waals surface area contributed by atoms with Gasteiger partial charge in [0, 0.05) is 31.8 Å². The van der Waals surface area contributed by atoms with E-state index < -0.39 is 6.04 Å². The largest absolute Gasteiger partial charge is 0.344 e. The predicted octanol–water partition coefficient (Wildman–Crippen LogP) is 0.751. The molecule has 1 atom stereocenters. The lowest BCUT2D eigenvalue weighted by atomic mass is 10.1. The van der Waals surface area contributed by atoms with Crippen molar-refractivity contribution in [3.05, 3.63) is 35.7 Å². The number of aromatic nitrogens is 3. The van der Waals surface area contributed by atoms with Crippen LogP contribution in [0.3, 0.4) is 0 Å². The fourth-order valence-corrected chi connectivity index (χ4v) is 2.58. The Morgan fingerprint density at radius 1 is 1.35 bits per heavy atom. The van der Waals surface area contributed by atoms with Crippen molar-refractivity contribution in [1.82, 2.24) is 25.0 Å². The van der Waals surface area contributed by atoms with Crippen molar-refractivity contribution < 1.29 is 9.59 Å². The van der Waals surface area contributed by atoms with E-state index in [9.17, 15) is 9.59 Å². The molecule has 2 aromatic rings. The van der Waals surface area contributed by atoms with Crippen LogP contribution in [-0.2, 0) is 11.8 Å². The first-order valence-corrected chi connectivity index (χ1v) is 7.49. The number of rotatable bonds is 3. The maximum Gasteiger partial charge on any atom is 0.251 e. The van der Waals surface area contributed by atoms with E-state index in [0.29, 0.717) is 24.4 Å². The highest BCUT2D eigenvalue weighted by molar-refractivity contribution is 5.98. The van der Waals surface area contributed by atoms with Crippen molar-refractivity contribution in [2.45, 2.75) is 19.4 Å². The number of aryl methyl sites for hydroxylation is 2. The molecule has 7 heteroatoms. The highest BCUT2D eigenvalue weighted by atomic mass is 16.2. The van der Waals surface area contributed by atoms with E-state index in [1.807, 2.05) is 20.0 Å². The average Bonchev–Trinajstić information content (AvgIpc) is 3.04. The lowest BCUT2D eigenvalue weighted by Crippen LogP contribution is -2.40. The summed E-state index contributed by atoms with van der Waals surface area (Å²) >= 11 is 0. The Kier molecular flexibility index (Phi) is 3.85. The van der Waals surface area contributed by atoms with Crippen LogP contribution < -0.4 is 5.32 Å². The molecule has 0 unspecified atom stereocenters. The number of hydrogen-bond acceptors (Lipinski definition) is 4. The monoisotopic (exact) mass is 313 g/mol. The van der Waals surface area contributed by atoms with Gasteiger partial charge in [-0.25, -0.2) is 4.98 Å². The van der Waals surface area contributed by atoms with Gasteiger partial charge in [0.25, 0.3) is 5.91 Å². The molecule has 1 aliphatic heterocycles. The first-order valence-electron chi connectivity index (χ1n) is 7.49. The summed E-state index contributed by atoms with van der Waals surface area (Å²) in [5.41, 5.74) is 1.27. The van der Waals surface area contributed by atoms with Gasteiger partial charge < -0.3 is 10.2 Å². The Morgan fingerprint density at radius 3 is 2.74 bits per heavy atom. The number of nitrogens with zero attached hydrogens (tertiary/aromatic N) is 4. The molecule has 2 amide bonds. The second-order valence-electron chi connectivity index (χ2n) is 5.76. The number of carbonyl (C=O) groups excluding carboxylic acids is 2. The number of likely N-dealkylation sites (N-methyl/N-ethyl adjacent to an activating group) is 1. The second-order valence-corrected chi connectivity index (χ2v) is 5.76. The zero-order chi connectivity index (χ0) is 16.6. The molecule has 1 fully saturated rings. The van der Waals surface area contributed by atoms with Crippen LogP contribution in [0.1, 0.15) is 22.6 Å². The van der Waals surface area contributed by atoms with E-state index in [-0.39, 0.29) is 11.8 Å². The predicted molar refractivity (Wildman–Crippen MR) is 84.7 cm³/mol. The molecule has 23 heavy (non-hydrogen) atoms. The fourth-order valence-electron chi connectivity index (χ4n) is 2.58. The van der Waals surface area contributed by atoms with Crippen molar-refractivity contribution in [2.24, 2.45) is 7.05 Å². The van der Waals surface area contributed by atoms with E-state index in [1.165, 1.54) is 0 Å². The molecular formula is C16H19N5O2. The molecule has 1 N–H and O–H groups in total. The van der Waals surface area contributed by atoms with Gasteiger partial charge in [0.1, 0.15) is 11.9 Å². The highest BCUT2D eigenvalue weighted by Crippen LogP contribution is 2.17. The summed E-state index contributed by atoms with van der Waals surface area (Å²) in [6.45, 7) is 2.54. The van der Waals surface area contributed by atoms with Gasteiger partial charge in [0.15, 0.2) is 5.82 Å². The Morgan fingerprint density at radius 2 is 2.13 bits per heavy atom. The first kappa shape index (κ1) is 15.2. The average molecular weight is 313 g/mol. The van der Waals surface area contributed by atoms with Crippen molar-refractivity contribution in [3.63, 3.8) is 0 Å². The molecule has 1 aromatic heterocycles. The number of likely N-dealkylation sites (tertiary alicyclic amines) is 1. The SMILES string of the molecule is Cc1nc(-c2cccc(C(=O)N[C@H]3CCN(C)C3=O)c2)nn1C. The minimum atomic E-state index is -0.439. The third kappa shape index (κ3) is 2.94. The van der Waals surface area contributed by atoms with Crippen LogP contribution in [-0.4, -0.2) is 51.1 Å². The number of amides is 2. The van der Waals surface area contributed by atoms with Gasteiger partial charge in [-0.15, -0.1) is 0 Å². The van der Waals surface area contributed by atoms with Gasteiger partial charge in [0.2, 0.25) is 5.91 Å². The summed E-state index contributed by atoms with van der Waals surface area (Å²) in [4.78, 5) is 30.3. The molecule has 2 heterocycles. The van der Waals surface area contributed by atoms with E-state index in [0.717, 1.165) is 11.4 Å². The number of hydrogen-bond donors (Lipinski definition) is 1. The normalized spacial score (nSPS) is 17.6. The Balaban J connectivity index is 1.79. The molecule has 0 radical (unpaired) electrons. The Labute approximate surface area is 134 Å². The van der Waals surface area contributed by atoms with Crippen molar-refractivity contribution >= 4 is 11.8 Å². The van der Waals surface area contributed by atoms with Gasteiger partial charge >= 0.3 is 0 Å². The summed E-state index contributed by atoms with van der Waals surface area (Å²) in [7, 11) is 3.56. The summed E-state index contributed by atoms with van der Waals surface area (Å²) in [6.07, 6.45) is 0.641. The topological polar surface area (TPSA) is 80.1 Å². The Hall–Kier alpha value is -2.70. The van der Waals surface area contributed by atoms with Crippen LogP contribution in [0.25, 0.3) is 11.4 Å². The van der Waals surface area contributed by atoms with Crippen molar-refractivity contribution in [2.75, 3.05) is 13.6 Å². The minimum Gasteiger partial charge on any atom is -0.344 e. The standard InChI is InChI=1S/C16H19N5O2/c1-10-17-14(19-21(10)3)11-5-4-6-12(9-11)15(22)18-13-7-8-20(2)16(13)23/h4-6,9,13H,7-8H2,1-3H3,(H,18,22)/t13-/m0/s1. The number of nitrogens with one attached hydrogen (secondary N) is 1. The molecule has 0 saturated carbocycles. The van der Waals surface area contributed by atoms with Gasteiger partial charge in [-0.05, 0) is 25.5 Å². The second kappa shape index (κ2) is 5.83. The molecule has 1 saturated heterocycles. The van der Waals surface area contributed by atoms with Gasteiger partial charge in [-0.1, -0.05) is 12.1 Å². The quantitative estimate of drug-likeness (QED) is 0.907. The number of carbonyl (C=O) groups is 2. The molecule has 0 bridgehead atoms. The fraction of sp³-hybridized carbons (Fsp3) is 0.375. The zero-order valence-corrected chi connectivity index (χ0v) is 13.4. The lowest BCUT2D eigenvalue weighted by Gasteiger charge is -2.12. The van der Waals surface area contributed by atoms with Crippen LogP contribution in [0.15, 0.2) is 24.3 Å². The van der Waals surface area contributed by atoms with Crippen molar-refractivity contribution in [1.29, 1.82) is 0 Å². The lowest BCUT2D eigenvalue weighted by molar-refractivity contribution is -0.128. The van der Waals surface area contributed by atoms with Crippen LogP contribution in [0, 0.1) is 6.92 Å². The van der Waals surface area contributed by atoms with Gasteiger partial charge in [-0.3, -0.25) is 14.3 Å². The Bertz CT molecular complexity index is 748. The van der Waals surface area contributed by atoms with E-state index >= 15 is 0 Å². The molecule has 0 aliphatic carbocycles. The summed E-state index contributed by atoms with van der Waals surface area (Å²) < 4.78 is 1.69. The summed E-state index contributed by atoms with van der Waals surface area (Å²) in [5.74, 6) is 1.08. The molecule has 0 spiro atoms. The third-order valence-electron chi connectivity index (χ3n) is 4.10. The van der Waals surface area contributed by atoms with Crippen LogP contribution in [0.2, 0.25) is 0 Å².